The van der Waals surface area contributed by atoms with Gasteiger partial charge in [-0.2, -0.15) is 0 Å². The van der Waals surface area contributed by atoms with Gasteiger partial charge in [0.2, 0.25) is 5.91 Å². The molecule has 2 fully saturated rings. The molecule has 0 spiro atoms. The molecule has 3 rings (SSSR count). The van der Waals surface area contributed by atoms with Crippen LogP contribution in [0.3, 0.4) is 0 Å². The molecule has 0 aromatic heterocycles. The SMILES string of the molecule is O=C(C1CCC1)N1CCCC(COc2ccc(F)cc2)C1. The lowest BCUT2D eigenvalue weighted by molar-refractivity contribution is -0.140. The predicted molar refractivity (Wildman–Crippen MR) is 78.5 cm³/mol. The number of hydrogen-bond donors (Lipinski definition) is 0. The van der Waals surface area contributed by atoms with E-state index in [1.165, 1.54) is 18.6 Å². The van der Waals surface area contributed by atoms with Gasteiger partial charge in [0.15, 0.2) is 0 Å². The first-order chi connectivity index (χ1) is 10.2. The van der Waals surface area contributed by atoms with Crippen molar-refractivity contribution in [3.05, 3.63) is 30.1 Å². The van der Waals surface area contributed by atoms with Crippen molar-refractivity contribution in [1.82, 2.24) is 4.90 Å². The summed E-state index contributed by atoms with van der Waals surface area (Å²) >= 11 is 0. The molecule has 1 unspecified atom stereocenters. The van der Waals surface area contributed by atoms with Crippen LogP contribution in [0.4, 0.5) is 4.39 Å². The minimum absolute atomic E-state index is 0.253. The molecule has 1 aromatic rings. The van der Waals surface area contributed by atoms with Crippen LogP contribution in [0.15, 0.2) is 24.3 Å². The molecular weight excluding hydrogens is 269 g/mol. The van der Waals surface area contributed by atoms with Gasteiger partial charge in [-0.05, 0) is 49.9 Å². The van der Waals surface area contributed by atoms with Crippen molar-refractivity contribution in [3.8, 4) is 5.75 Å². The summed E-state index contributed by atoms with van der Waals surface area (Å²) in [6, 6.07) is 6.11. The number of halogens is 1. The highest BCUT2D eigenvalue weighted by Crippen LogP contribution is 2.30. The van der Waals surface area contributed by atoms with E-state index < -0.39 is 0 Å². The third kappa shape index (κ3) is 3.55. The first-order valence-electron chi connectivity index (χ1n) is 7.89. The first-order valence-corrected chi connectivity index (χ1v) is 7.89. The Morgan fingerprint density at radius 2 is 1.95 bits per heavy atom. The maximum absolute atomic E-state index is 12.8. The Hall–Kier alpha value is -1.58. The number of benzene rings is 1. The van der Waals surface area contributed by atoms with E-state index in [1.54, 1.807) is 12.1 Å². The van der Waals surface area contributed by atoms with Gasteiger partial charge < -0.3 is 9.64 Å². The highest BCUT2D eigenvalue weighted by molar-refractivity contribution is 5.79. The Labute approximate surface area is 125 Å². The van der Waals surface area contributed by atoms with Crippen LogP contribution >= 0.6 is 0 Å². The predicted octanol–water partition coefficient (Wildman–Crippen LogP) is 3.24. The lowest BCUT2D eigenvalue weighted by atomic mass is 9.83. The van der Waals surface area contributed by atoms with E-state index in [1.807, 2.05) is 4.90 Å². The summed E-state index contributed by atoms with van der Waals surface area (Å²) in [4.78, 5) is 14.3. The zero-order valence-electron chi connectivity index (χ0n) is 12.3. The van der Waals surface area contributed by atoms with E-state index in [0.29, 0.717) is 24.2 Å². The fourth-order valence-electron chi connectivity index (χ4n) is 3.06. The summed E-state index contributed by atoms with van der Waals surface area (Å²) < 4.78 is 18.6. The molecule has 114 valence electrons. The van der Waals surface area contributed by atoms with E-state index in [4.69, 9.17) is 4.74 Å². The van der Waals surface area contributed by atoms with Crippen LogP contribution in [-0.4, -0.2) is 30.5 Å². The number of piperidine rings is 1. The molecule has 1 aliphatic carbocycles. The highest BCUT2D eigenvalue weighted by Gasteiger charge is 2.32. The van der Waals surface area contributed by atoms with Gasteiger partial charge in [-0.3, -0.25) is 4.79 Å². The first kappa shape index (κ1) is 14.4. The average molecular weight is 291 g/mol. The van der Waals surface area contributed by atoms with Crippen molar-refractivity contribution in [2.75, 3.05) is 19.7 Å². The van der Waals surface area contributed by atoms with Gasteiger partial charge in [0.05, 0.1) is 6.61 Å². The van der Waals surface area contributed by atoms with Gasteiger partial charge >= 0.3 is 0 Å². The fraction of sp³-hybridized carbons (Fsp3) is 0.588. The Balaban J connectivity index is 1.49. The van der Waals surface area contributed by atoms with Gasteiger partial charge in [0.25, 0.3) is 0 Å². The molecule has 2 aliphatic rings. The van der Waals surface area contributed by atoms with Gasteiger partial charge in [-0.1, -0.05) is 6.42 Å². The maximum Gasteiger partial charge on any atom is 0.225 e. The van der Waals surface area contributed by atoms with Gasteiger partial charge in [0, 0.05) is 24.9 Å². The monoisotopic (exact) mass is 291 g/mol. The van der Waals surface area contributed by atoms with Crippen molar-refractivity contribution < 1.29 is 13.9 Å². The Kier molecular flexibility index (Phi) is 4.42. The van der Waals surface area contributed by atoms with Gasteiger partial charge in [-0.15, -0.1) is 0 Å². The quantitative estimate of drug-likeness (QED) is 0.852. The van der Waals surface area contributed by atoms with E-state index in [2.05, 4.69) is 0 Å². The third-order valence-corrected chi connectivity index (χ3v) is 4.58. The summed E-state index contributed by atoms with van der Waals surface area (Å²) in [5.41, 5.74) is 0. The molecule has 1 aromatic carbocycles. The van der Waals surface area contributed by atoms with Crippen LogP contribution < -0.4 is 4.74 Å². The van der Waals surface area contributed by atoms with E-state index in [-0.39, 0.29) is 11.7 Å². The van der Waals surface area contributed by atoms with Crippen LogP contribution in [-0.2, 0) is 4.79 Å². The van der Waals surface area contributed by atoms with Crippen LogP contribution in [0.2, 0.25) is 0 Å². The summed E-state index contributed by atoms with van der Waals surface area (Å²) in [6.07, 6.45) is 5.46. The van der Waals surface area contributed by atoms with E-state index in [0.717, 1.165) is 38.8 Å². The molecule has 1 heterocycles. The minimum atomic E-state index is -0.253. The second-order valence-corrected chi connectivity index (χ2v) is 6.19. The summed E-state index contributed by atoms with van der Waals surface area (Å²) in [5, 5.41) is 0. The molecular formula is C17H22FNO2. The van der Waals surface area contributed by atoms with Crippen molar-refractivity contribution in [2.24, 2.45) is 11.8 Å². The van der Waals surface area contributed by atoms with Crippen LogP contribution in [0.5, 0.6) is 5.75 Å². The molecule has 1 saturated carbocycles. The number of amides is 1. The number of rotatable bonds is 4. The van der Waals surface area contributed by atoms with Crippen LogP contribution in [0.25, 0.3) is 0 Å². The summed E-state index contributed by atoms with van der Waals surface area (Å²) in [6.45, 7) is 2.29. The number of carbonyl (C=O) groups is 1. The van der Waals surface area contributed by atoms with Crippen molar-refractivity contribution >= 4 is 5.91 Å². The van der Waals surface area contributed by atoms with Gasteiger partial charge in [-0.25, -0.2) is 4.39 Å². The molecule has 1 aliphatic heterocycles. The summed E-state index contributed by atoms with van der Waals surface area (Å²) in [5.74, 6) is 1.44. The van der Waals surface area contributed by atoms with Crippen LogP contribution in [0.1, 0.15) is 32.1 Å². The number of likely N-dealkylation sites (tertiary alicyclic amines) is 1. The molecule has 0 N–H and O–H groups in total. The lowest BCUT2D eigenvalue weighted by Gasteiger charge is -2.37. The molecule has 1 saturated heterocycles. The smallest absolute Gasteiger partial charge is 0.225 e. The molecule has 3 nitrogen and oxygen atoms in total. The second kappa shape index (κ2) is 6.46. The van der Waals surface area contributed by atoms with E-state index >= 15 is 0 Å². The molecule has 0 bridgehead atoms. The largest absolute Gasteiger partial charge is 0.493 e. The minimum Gasteiger partial charge on any atom is -0.493 e. The topological polar surface area (TPSA) is 29.5 Å². The zero-order valence-corrected chi connectivity index (χ0v) is 12.3. The highest BCUT2D eigenvalue weighted by atomic mass is 19.1. The molecule has 4 heteroatoms. The Bertz CT molecular complexity index is 484. The number of ether oxygens (including phenoxy) is 1. The number of carbonyl (C=O) groups excluding carboxylic acids is 1. The molecule has 1 amide bonds. The Morgan fingerprint density at radius 3 is 2.62 bits per heavy atom. The average Bonchev–Trinajstić information content (AvgIpc) is 2.45. The number of nitrogens with zero attached hydrogens (tertiary/aromatic N) is 1. The van der Waals surface area contributed by atoms with Crippen LogP contribution in [0, 0.1) is 17.7 Å². The lowest BCUT2D eigenvalue weighted by Crippen LogP contribution is -2.45. The standard InChI is InChI=1S/C17H22FNO2/c18-15-6-8-16(9-7-15)21-12-13-3-2-10-19(11-13)17(20)14-4-1-5-14/h6-9,13-14H,1-5,10-12H2. The molecule has 1 atom stereocenters. The van der Waals surface area contributed by atoms with Crippen molar-refractivity contribution in [1.29, 1.82) is 0 Å². The van der Waals surface area contributed by atoms with Crippen molar-refractivity contribution in [2.45, 2.75) is 32.1 Å². The van der Waals surface area contributed by atoms with Crippen molar-refractivity contribution in [3.63, 3.8) is 0 Å². The Morgan fingerprint density at radius 1 is 1.19 bits per heavy atom. The normalized spacial score (nSPS) is 22.7. The third-order valence-electron chi connectivity index (χ3n) is 4.58. The van der Waals surface area contributed by atoms with Gasteiger partial charge in [0.1, 0.15) is 11.6 Å². The summed E-state index contributed by atoms with van der Waals surface area (Å²) in [7, 11) is 0. The van der Waals surface area contributed by atoms with E-state index in [9.17, 15) is 9.18 Å². The molecule has 0 radical (unpaired) electrons. The second-order valence-electron chi connectivity index (χ2n) is 6.19. The zero-order chi connectivity index (χ0) is 14.7. The maximum atomic E-state index is 12.8. The fourth-order valence-corrected chi connectivity index (χ4v) is 3.06. The number of hydrogen-bond acceptors (Lipinski definition) is 2. The molecule has 21 heavy (non-hydrogen) atoms.